The number of rotatable bonds is 1. The van der Waals surface area contributed by atoms with Gasteiger partial charge in [0.2, 0.25) is 0 Å². The molecule has 0 saturated carbocycles. The van der Waals surface area contributed by atoms with Gasteiger partial charge in [0, 0.05) is 19.6 Å². The van der Waals surface area contributed by atoms with Crippen LogP contribution in [0.3, 0.4) is 0 Å². The van der Waals surface area contributed by atoms with Crippen molar-refractivity contribution < 1.29 is 0 Å². The van der Waals surface area contributed by atoms with Crippen LogP contribution >= 0.6 is 0 Å². The molecule has 3 heteroatoms. The summed E-state index contributed by atoms with van der Waals surface area (Å²) in [5.74, 6) is 0. The molecular weight excluding hydrogens is 150 g/mol. The molecule has 0 aromatic rings. The monoisotopic (exact) mass is 169 g/mol. The summed E-state index contributed by atoms with van der Waals surface area (Å²) in [4.78, 5) is 2.57. The largest absolute Gasteiger partial charge is 0.312 e. The first-order valence-corrected chi connectivity index (χ1v) is 5.02. The van der Waals surface area contributed by atoms with E-state index in [1.54, 1.807) is 0 Å². The molecule has 0 aromatic heterocycles. The lowest BCUT2D eigenvalue weighted by Crippen LogP contribution is -2.65. The Balaban J connectivity index is 1.97. The Morgan fingerprint density at radius 2 is 1.92 bits per heavy atom. The molecule has 2 saturated heterocycles. The predicted octanol–water partition coefficient (Wildman–Crippen LogP) is -0.00880. The maximum Gasteiger partial charge on any atom is 0.0812 e. The van der Waals surface area contributed by atoms with E-state index in [0.29, 0.717) is 0 Å². The van der Waals surface area contributed by atoms with Gasteiger partial charge in [-0.05, 0) is 32.9 Å². The summed E-state index contributed by atoms with van der Waals surface area (Å²) in [5, 5.41) is 7.05. The van der Waals surface area contributed by atoms with Gasteiger partial charge >= 0.3 is 0 Å². The predicted molar refractivity (Wildman–Crippen MR) is 50.1 cm³/mol. The van der Waals surface area contributed by atoms with Crippen molar-refractivity contribution in [3.63, 3.8) is 0 Å². The first-order valence-electron chi connectivity index (χ1n) is 5.02. The van der Waals surface area contributed by atoms with Crippen molar-refractivity contribution in [3.05, 3.63) is 0 Å². The summed E-state index contributed by atoms with van der Waals surface area (Å²) >= 11 is 0. The third-order valence-corrected chi connectivity index (χ3v) is 3.08. The third kappa shape index (κ3) is 1.49. The fourth-order valence-corrected chi connectivity index (χ4v) is 2.25. The molecule has 0 aliphatic carbocycles. The summed E-state index contributed by atoms with van der Waals surface area (Å²) in [6, 6.07) is 0. The zero-order valence-corrected chi connectivity index (χ0v) is 7.90. The number of piperazine rings is 1. The molecule has 1 atom stereocenters. The maximum absolute atomic E-state index is 3.60. The second kappa shape index (κ2) is 3.32. The van der Waals surface area contributed by atoms with Crippen molar-refractivity contribution in [1.29, 1.82) is 0 Å². The molecule has 0 bridgehead atoms. The molecule has 0 amide bonds. The highest BCUT2D eigenvalue weighted by Crippen LogP contribution is 2.19. The van der Waals surface area contributed by atoms with Crippen LogP contribution in [0.1, 0.15) is 19.8 Å². The van der Waals surface area contributed by atoms with Gasteiger partial charge in [0.05, 0.1) is 5.66 Å². The lowest BCUT2D eigenvalue weighted by Gasteiger charge is -2.42. The van der Waals surface area contributed by atoms with Gasteiger partial charge in [0.15, 0.2) is 0 Å². The van der Waals surface area contributed by atoms with Crippen LogP contribution in [0, 0.1) is 0 Å². The molecule has 2 heterocycles. The van der Waals surface area contributed by atoms with E-state index in [1.807, 2.05) is 0 Å². The van der Waals surface area contributed by atoms with Crippen LogP contribution < -0.4 is 10.6 Å². The molecule has 2 fully saturated rings. The number of likely N-dealkylation sites (tertiary alicyclic amines) is 1. The average molecular weight is 169 g/mol. The van der Waals surface area contributed by atoms with Gasteiger partial charge in [-0.1, -0.05) is 0 Å². The van der Waals surface area contributed by atoms with Gasteiger partial charge in [0.25, 0.3) is 0 Å². The van der Waals surface area contributed by atoms with Crippen LogP contribution in [-0.4, -0.2) is 43.3 Å². The van der Waals surface area contributed by atoms with Gasteiger partial charge in [-0.2, -0.15) is 0 Å². The Hall–Kier alpha value is -0.120. The summed E-state index contributed by atoms with van der Waals surface area (Å²) in [7, 11) is 0. The molecule has 2 aliphatic rings. The van der Waals surface area contributed by atoms with Gasteiger partial charge in [-0.15, -0.1) is 0 Å². The molecular formula is C9H19N3. The Bertz CT molecular complexity index is 146. The van der Waals surface area contributed by atoms with Gasteiger partial charge < -0.3 is 5.32 Å². The number of nitrogens with one attached hydrogen (secondary N) is 2. The minimum absolute atomic E-state index is 0.231. The quantitative estimate of drug-likeness (QED) is 0.578. The lowest BCUT2D eigenvalue weighted by atomic mass is 10.1. The second-order valence-corrected chi connectivity index (χ2v) is 4.07. The first-order chi connectivity index (χ1) is 5.81. The van der Waals surface area contributed by atoms with Crippen LogP contribution in [0.2, 0.25) is 0 Å². The highest BCUT2D eigenvalue weighted by molar-refractivity contribution is 4.91. The first kappa shape index (κ1) is 8.48. The van der Waals surface area contributed by atoms with E-state index >= 15 is 0 Å². The number of hydrogen-bond donors (Lipinski definition) is 2. The van der Waals surface area contributed by atoms with E-state index in [9.17, 15) is 0 Å². The molecule has 2 rings (SSSR count). The third-order valence-electron chi connectivity index (χ3n) is 3.08. The summed E-state index contributed by atoms with van der Waals surface area (Å²) in [5.41, 5.74) is 0.231. The average Bonchev–Trinajstić information content (AvgIpc) is 2.58. The molecule has 2 aliphatic heterocycles. The van der Waals surface area contributed by atoms with Gasteiger partial charge in [-0.3, -0.25) is 10.2 Å². The van der Waals surface area contributed by atoms with E-state index in [1.165, 1.54) is 25.9 Å². The van der Waals surface area contributed by atoms with Crippen LogP contribution in [0.25, 0.3) is 0 Å². The van der Waals surface area contributed by atoms with Crippen LogP contribution in [0.4, 0.5) is 0 Å². The molecule has 3 nitrogen and oxygen atoms in total. The maximum atomic E-state index is 3.60. The van der Waals surface area contributed by atoms with Crippen molar-refractivity contribution in [2.24, 2.45) is 0 Å². The highest BCUT2D eigenvalue weighted by Gasteiger charge is 2.34. The summed E-state index contributed by atoms with van der Waals surface area (Å²) in [6.45, 7) is 8.16. The van der Waals surface area contributed by atoms with Crippen molar-refractivity contribution in [2.45, 2.75) is 25.4 Å². The van der Waals surface area contributed by atoms with E-state index < -0.39 is 0 Å². The van der Waals surface area contributed by atoms with E-state index in [2.05, 4.69) is 22.5 Å². The van der Waals surface area contributed by atoms with Crippen molar-refractivity contribution in [1.82, 2.24) is 15.5 Å². The van der Waals surface area contributed by atoms with E-state index in [4.69, 9.17) is 0 Å². The van der Waals surface area contributed by atoms with Crippen LogP contribution in [-0.2, 0) is 0 Å². The zero-order valence-electron chi connectivity index (χ0n) is 7.90. The van der Waals surface area contributed by atoms with Crippen LogP contribution in [0.5, 0.6) is 0 Å². The molecule has 2 N–H and O–H groups in total. The Labute approximate surface area is 74.5 Å². The fourth-order valence-electron chi connectivity index (χ4n) is 2.25. The van der Waals surface area contributed by atoms with Crippen molar-refractivity contribution >= 4 is 0 Å². The van der Waals surface area contributed by atoms with Crippen LogP contribution in [0.15, 0.2) is 0 Å². The van der Waals surface area contributed by atoms with Crippen molar-refractivity contribution in [2.75, 3.05) is 32.7 Å². The smallest absolute Gasteiger partial charge is 0.0812 e. The number of nitrogens with zero attached hydrogens (tertiary/aromatic N) is 1. The minimum atomic E-state index is 0.231. The number of hydrogen-bond acceptors (Lipinski definition) is 3. The van der Waals surface area contributed by atoms with E-state index in [-0.39, 0.29) is 5.66 Å². The highest BCUT2D eigenvalue weighted by atomic mass is 15.4. The fraction of sp³-hybridized carbons (Fsp3) is 1.00. The van der Waals surface area contributed by atoms with Crippen molar-refractivity contribution in [3.8, 4) is 0 Å². The second-order valence-electron chi connectivity index (χ2n) is 4.07. The summed E-state index contributed by atoms with van der Waals surface area (Å²) in [6.07, 6.45) is 2.74. The van der Waals surface area contributed by atoms with E-state index in [0.717, 1.165) is 19.6 Å². The molecule has 1 unspecified atom stereocenters. The Morgan fingerprint density at radius 1 is 1.17 bits per heavy atom. The Kier molecular flexibility index (Phi) is 2.35. The molecule has 12 heavy (non-hydrogen) atoms. The normalized spacial score (nSPS) is 38.8. The Morgan fingerprint density at radius 3 is 2.50 bits per heavy atom. The minimum Gasteiger partial charge on any atom is -0.312 e. The standard InChI is InChI=1S/C9H19N3/c1-9(8-10-4-5-11-9)12-6-2-3-7-12/h10-11H,2-8H2,1H3. The van der Waals surface area contributed by atoms with Gasteiger partial charge in [-0.25, -0.2) is 0 Å². The SMILES string of the molecule is CC1(N2CCCC2)CNCCN1. The molecule has 0 radical (unpaired) electrons. The summed E-state index contributed by atoms with van der Waals surface area (Å²) < 4.78 is 0. The zero-order chi connectivity index (χ0) is 8.44. The molecule has 0 spiro atoms. The molecule has 0 aromatic carbocycles. The lowest BCUT2D eigenvalue weighted by molar-refractivity contribution is 0.0806. The topological polar surface area (TPSA) is 27.3 Å². The molecule has 70 valence electrons. The van der Waals surface area contributed by atoms with Gasteiger partial charge in [0.1, 0.15) is 0 Å².